The zero-order valence-electron chi connectivity index (χ0n) is 22.1. The van der Waals surface area contributed by atoms with E-state index in [1.54, 1.807) is 21.9 Å². The van der Waals surface area contributed by atoms with E-state index in [0.29, 0.717) is 63.4 Å². The summed E-state index contributed by atoms with van der Waals surface area (Å²) < 4.78 is 5.39. The van der Waals surface area contributed by atoms with Crippen molar-refractivity contribution in [3.8, 4) is 0 Å². The fraction of sp³-hybridized carbons (Fsp3) is 0.333. The normalized spacial score (nSPS) is 17.9. The fourth-order valence-electron chi connectivity index (χ4n) is 5.95. The van der Waals surface area contributed by atoms with Gasteiger partial charge in [0.25, 0.3) is 11.6 Å². The summed E-state index contributed by atoms with van der Waals surface area (Å²) in [5, 5.41) is 12.1. The summed E-state index contributed by atoms with van der Waals surface area (Å²) in [5.74, 6) is -0.191. The smallest absolute Gasteiger partial charge is 0.414 e. The Morgan fingerprint density at radius 2 is 1.52 bits per heavy atom. The van der Waals surface area contributed by atoms with E-state index in [-0.39, 0.29) is 30.3 Å². The van der Waals surface area contributed by atoms with Gasteiger partial charge in [-0.2, -0.15) is 0 Å². The van der Waals surface area contributed by atoms with Gasteiger partial charge in [-0.15, -0.1) is 0 Å². The summed E-state index contributed by atoms with van der Waals surface area (Å²) in [4.78, 5) is 45.3. The molecule has 40 heavy (non-hydrogen) atoms. The van der Waals surface area contributed by atoms with Gasteiger partial charge in [-0.1, -0.05) is 36.4 Å². The monoisotopic (exact) mass is 541 g/mol. The van der Waals surface area contributed by atoms with Gasteiger partial charge in [0.2, 0.25) is 0 Å². The van der Waals surface area contributed by atoms with Gasteiger partial charge in [0, 0.05) is 68.2 Å². The Morgan fingerprint density at radius 1 is 0.825 bits per heavy atom. The summed E-state index contributed by atoms with van der Waals surface area (Å²) in [6.07, 6.45) is 0.940. The third-order valence-electron chi connectivity index (χ3n) is 8.08. The van der Waals surface area contributed by atoms with Crippen LogP contribution in [0.2, 0.25) is 0 Å². The van der Waals surface area contributed by atoms with Crippen molar-refractivity contribution in [3.63, 3.8) is 0 Å². The number of ether oxygens (including phenoxy) is 1. The minimum Gasteiger partial charge on any atom is -0.444 e. The maximum Gasteiger partial charge on any atom is 0.414 e. The minimum atomic E-state index is -0.413. The van der Waals surface area contributed by atoms with Crippen molar-refractivity contribution >= 4 is 34.7 Å². The third-order valence-corrected chi connectivity index (χ3v) is 8.08. The molecule has 3 aliphatic rings. The molecule has 0 spiro atoms. The Morgan fingerprint density at radius 3 is 2.25 bits per heavy atom. The number of amides is 2. The SMILES string of the molecule is O=C(c1ccc(N2CCC(N3C(=O)OCc4ccccc43)CC2)c([N+](=O)[O-])c1)N1CCN(c2ccccc2)CC1. The Bertz CT molecular complexity index is 1410. The summed E-state index contributed by atoms with van der Waals surface area (Å²) in [6.45, 7) is 3.89. The number of fused-ring (bicyclic) bond motifs is 1. The summed E-state index contributed by atoms with van der Waals surface area (Å²) in [7, 11) is 0. The standard InChI is InChI=1S/C30H31N5O5/c36-29(33-18-16-31(17-19-33)24-7-2-1-3-8-24)22-10-11-27(28(20-22)35(38)39)32-14-12-25(13-15-32)34-26-9-5-4-6-23(26)21-40-30(34)37/h1-11,20,25H,12-19,21H2. The Labute approximate surface area is 232 Å². The highest BCUT2D eigenvalue weighted by Gasteiger charge is 2.35. The average molecular weight is 542 g/mol. The number of piperazine rings is 1. The van der Waals surface area contributed by atoms with E-state index >= 15 is 0 Å². The van der Waals surface area contributed by atoms with Crippen LogP contribution in [0.4, 0.5) is 27.5 Å². The lowest BCUT2D eigenvalue weighted by Crippen LogP contribution is -2.49. The topological polar surface area (TPSA) is 99.5 Å². The van der Waals surface area contributed by atoms with Crippen LogP contribution in [0.5, 0.6) is 0 Å². The maximum absolute atomic E-state index is 13.3. The van der Waals surface area contributed by atoms with E-state index in [1.807, 2.05) is 47.4 Å². The predicted molar refractivity (Wildman–Crippen MR) is 152 cm³/mol. The molecule has 0 unspecified atom stereocenters. The lowest BCUT2D eigenvalue weighted by molar-refractivity contribution is -0.384. The molecule has 3 heterocycles. The molecule has 0 N–H and O–H groups in total. The van der Waals surface area contributed by atoms with Crippen LogP contribution in [0.1, 0.15) is 28.8 Å². The quantitative estimate of drug-likeness (QED) is 0.342. The highest BCUT2D eigenvalue weighted by Crippen LogP contribution is 2.35. The number of cyclic esters (lactones) is 1. The molecule has 0 aromatic heterocycles. The summed E-state index contributed by atoms with van der Waals surface area (Å²) >= 11 is 0. The van der Waals surface area contributed by atoms with Crippen molar-refractivity contribution in [2.75, 3.05) is 54.0 Å². The van der Waals surface area contributed by atoms with Crippen LogP contribution < -0.4 is 14.7 Å². The molecule has 0 saturated carbocycles. The van der Waals surface area contributed by atoms with Crippen LogP contribution in [0.3, 0.4) is 0 Å². The second kappa shape index (κ2) is 10.9. The Balaban J connectivity index is 1.13. The number of hydrogen-bond donors (Lipinski definition) is 0. The molecule has 0 aliphatic carbocycles. The molecule has 206 valence electrons. The van der Waals surface area contributed by atoms with Crippen molar-refractivity contribution in [1.82, 2.24) is 4.90 Å². The first kappa shape index (κ1) is 25.7. The minimum absolute atomic E-state index is 0.0559. The highest BCUT2D eigenvalue weighted by atomic mass is 16.6. The number of carbonyl (C=O) groups excluding carboxylic acids is 2. The largest absolute Gasteiger partial charge is 0.444 e. The van der Waals surface area contributed by atoms with Gasteiger partial charge >= 0.3 is 6.09 Å². The predicted octanol–water partition coefficient (Wildman–Crippen LogP) is 4.68. The van der Waals surface area contributed by atoms with Crippen LogP contribution in [0, 0.1) is 10.1 Å². The van der Waals surface area contributed by atoms with Gasteiger partial charge in [0.05, 0.1) is 10.6 Å². The Hall–Kier alpha value is -4.60. The summed E-state index contributed by atoms with van der Waals surface area (Å²) in [5.41, 5.74) is 3.72. The van der Waals surface area contributed by atoms with Crippen LogP contribution in [-0.2, 0) is 11.3 Å². The summed E-state index contributed by atoms with van der Waals surface area (Å²) in [6, 6.07) is 22.5. The third kappa shape index (κ3) is 4.92. The number of para-hydroxylation sites is 2. The second-order valence-corrected chi connectivity index (χ2v) is 10.3. The molecule has 2 fully saturated rings. The number of hydrogen-bond acceptors (Lipinski definition) is 7. The molecule has 2 amide bonds. The van der Waals surface area contributed by atoms with Crippen molar-refractivity contribution in [3.05, 3.63) is 94.0 Å². The van der Waals surface area contributed by atoms with Crippen molar-refractivity contribution < 1.29 is 19.2 Å². The number of nitro benzene ring substituents is 1. The number of nitrogens with zero attached hydrogens (tertiary/aromatic N) is 5. The van der Waals surface area contributed by atoms with Gasteiger partial charge in [0.1, 0.15) is 12.3 Å². The second-order valence-electron chi connectivity index (χ2n) is 10.3. The molecule has 3 aliphatic heterocycles. The Kier molecular flexibility index (Phi) is 6.98. The number of rotatable bonds is 5. The number of carbonyl (C=O) groups is 2. The van der Waals surface area contributed by atoms with Crippen LogP contribution in [0.15, 0.2) is 72.8 Å². The molecule has 10 heteroatoms. The molecule has 3 aromatic rings. The lowest BCUT2D eigenvalue weighted by Gasteiger charge is -2.40. The highest BCUT2D eigenvalue weighted by molar-refractivity contribution is 5.96. The van der Waals surface area contributed by atoms with Crippen molar-refractivity contribution in [1.29, 1.82) is 0 Å². The van der Waals surface area contributed by atoms with E-state index in [2.05, 4.69) is 17.0 Å². The van der Waals surface area contributed by atoms with Gasteiger partial charge in [-0.05, 0) is 43.2 Å². The molecule has 0 bridgehead atoms. The van der Waals surface area contributed by atoms with E-state index in [0.717, 1.165) is 16.9 Å². The van der Waals surface area contributed by atoms with E-state index in [9.17, 15) is 19.7 Å². The molecule has 10 nitrogen and oxygen atoms in total. The maximum atomic E-state index is 13.3. The lowest BCUT2D eigenvalue weighted by atomic mass is 9.99. The number of nitro groups is 1. The number of benzene rings is 3. The molecule has 0 atom stereocenters. The molecule has 6 rings (SSSR count). The van der Waals surface area contributed by atoms with Crippen LogP contribution in [0.25, 0.3) is 0 Å². The van der Waals surface area contributed by atoms with E-state index < -0.39 is 4.92 Å². The first-order valence-electron chi connectivity index (χ1n) is 13.7. The van der Waals surface area contributed by atoms with Crippen molar-refractivity contribution in [2.45, 2.75) is 25.5 Å². The average Bonchev–Trinajstić information content (AvgIpc) is 3.01. The molecular formula is C30H31N5O5. The van der Waals surface area contributed by atoms with Crippen LogP contribution >= 0.6 is 0 Å². The zero-order valence-corrected chi connectivity index (χ0v) is 22.1. The zero-order chi connectivity index (χ0) is 27.6. The molecule has 2 saturated heterocycles. The number of piperidine rings is 1. The van der Waals surface area contributed by atoms with Gasteiger partial charge in [0.15, 0.2) is 0 Å². The molecule has 3 aromatic carbocycles. The van der Waals surface area contributed by atoms with Gasteiger partial charge < -0.3 is 19.4 Å². The first-order chi connectivity index (χ1) is 19.5. The van der Waals surface area contributed by atoms with E-state index in [1.165, 1.54) is 6.07 Å². The van der Waals surface area contributed by atoms with E-state index in [4.69, 9.17) is 4.74 Å². The van der Waals surface area contributed by atoms with Gasteiger partial charge in [-0.3, -0.25) is 19.8 Å². The molecule has 0 radical (unpaired) electrons. The van der Waals surface area contributed by atoms with Crippen LogP contribution in [-0.4, -0.2) is 67.1 Å². The van der Waals surface area contributed by atoms with Crippen molar-refractivity contribution in [2.24, 2.45) is 0 Å². The first-order valence-corrected chi connectivity index (χ1v) is 13.7. The molecular weight excluding hydrogens is 510 g/mol. The number of anilines is 3. The fourth-order valence-corrected chi connectivity index (χ4v) is 5.95. The van der Waals surface area contributed by atoms with Gasteiger partial charge in [-0.25, -0.2) is 4.79 Å².